The van der Waals surface area contributed by atoms with Crippen LogP contribution in [0.25, 0.3) is 0 Å². The summed E-state index contributed by atoms with van der Waals surface area (Å²) in [6.07, 6.45) is 0.698. The third kappa shape index (κ3) is 5.29. The lowest BCUT2D eigenvalue weighted by Crippen LogP contribution is -2.31. The van der Waals surface area contributed by atoms with Gasteiger partial charge in [-0.15, -0.1) is 0 Å². The third-order valence-corrected chi connectivity index (χ3v) is 5.15. The number of nitriles is 1. The lowest BCUT2D eigenvalue weighted by molar-refractivity contribution is 0.271. The minimum Gasteiger partial charge on any atom is -0.304 e. The van der Waals surface area contributed by atoms with E-state index in [0.29, 0.717) is 19.0 Å². The van der Waals surface area contributed by atoms with Crippen LogP contribution in [0.5, 0.6) is 0 Å². The van der Waals surface area contributed by atoms with Gasteiger partial charge in [0, 0.05) is 12.6 Å². The predicted octanol–water partition coefficient (Wildman–Crippen LogP) is 2.22. The van der Waals surface area contributed by atoms with Gasteiger partial charge in [-0.25, -0.2) is 13.1 Å². The normalized spacial score (nSPS) is 11.9. The minimum absolute atomic E-state index is 0.0552. The smallest absolute Gasteiger partial charge is 0.242 e. The van der Waals surface area contributed by atoms with E-state index in [9.17, 15) is 8.42 Å². The first-order chi connectivity index (χ1) is 9.77. The fourth-order valence-electron chi connectivity index (χ4n) is 1.65. The van der Waals surface area contributed by atoms with Crippen molar-refractivity contribution in [3.63, 3.8) is 0 Å². The van der Waals surface area contributed by atoms with E-state index in [4.69, 9.17) is 16.9 Å². The second-order valence-corrected chi connectivity index (χ2v) is 7.23. The van der Waals surface area contributed by atoms with Gasteiger partial charge in [0.15, 0.2) is 0 Å². The highest BCUT2D eigenvalue weighted by atomic mass is 35.5. The lowest BCUT2D eigenvalue weighted by Gasteiger charge is -2.20. The van der Waals surface area contributed by atoms with Gasteiger partial charge in [0.1, 0.15) is 4.90 Å². The summed E-state index contributed by atoms with van der Waals surface area (Å²) in [7, 11) is -1.70. The molecule has 0 radical (unpaired) electrons. The lowest BCUT2D eigenvalue weighted by atomic mass is 10.2. The standard InChI is InChI=1S/C14H20ClN3O2S/c1-11(2)18(3)8-4-7-17-21(19,20)14-9-12(10-16)5-6-13(14)15/h5-6,9,11,17H,4,7-8H2,1-3H3. The molecule has 116 valence electrons. The average molecular weight is 330 g/mol. The minimum atomic E-state index is -3.69. The largest absolute Gasteiger partial charge is 0.304 e. The Bertz CT molecular complexity index is 624. The predicted molar refractivity (Wildman–Crippen MR) is 83.7 cm³/mol. The Morgan fingerprint density at radius 1 is 1.43 bits per heavy atom. The molecule has 5 nitrogen and oxygen atoms in total. The van der Waals surface area contributed by atoms with Crippen molar-refractivity contribution in [2.24, 2.45) is 0 Å². The summed E-state index contributed by atoms with van der Waals surface area (Å²) in [5.41, 5.74) is 0.263. The Hall–Kier alpha value is -1.13. The van der Waals surface area contributed by atoms with Crippen molar-refractivity contribution >= 4 is 21.6 Å². The first-order valence-corrected chi connectivity index (χ1v) is 8.53. The number of hydrogen-bond acceptors (Lipinski definition) is 4. The molecule has 0 saturated heterocycles. The summed E-state index contributed by atoms with van der Waals surface area (Å²) in [5, 5.41) is 8.94. The highest BCUT2D eigenvalue weighted by Crippen LogP contribution is 2.22. The van der Waals surface area contributed by atoms with Gasteiger partial charge in [0.2, 0.25) is 10.0 Å². The van der Waals surface area contributed by atoms with E-state index >= 15 is 0 Å². The molecule has 0 heterocycles. The number of hydrogen-bond donors (Lipinski definition) is 1. The van der Waals surface area contributed by atoms with Crippen LogP contribution < -0.4 is 4.72 Å². The fraction of sp³-hybridized carbons (Fsp3) is 0.500. The fourth-order valence-corrected chi connectivity index (χ4v) is 3.25. The Balaban J connectivity index is 2.68. The quantitative estimate of drug-likeness (QED) is 0.778. The topological polar surface area (TPSA) is 73.2 Å². The molecule has 1 N–H and O–H groups in total. The molecule has 0 atom stereocenters. The Morgan fingerprint density at radius 3 is 2.67 bits per heavy atom. The van der Waals surface area contributed by atoms with Gasteiger partial charge < -0.3 is 4.90 Å². The maximum absolute atomic E-state index is 12.2. The zero-order valence-corrected chi connectivity index (χ0v) is 14.0. The Morgan fingerprint density at radius 2 is 2.10 bits per heavy atom. The van der Waals surface area contributed by atoms with Crippen LogP contribution >= 0.6 is 11.6 Å². The van der Waals surface area contributed by atoms with Crippen molar-refractivity contribution in [1.29, 1.82) is 5.26 Å². The maximum atomic E-state index is 12.2. The zero-order valence-electron chi connectivity index (χ0n) is 12.4. The van der Waals surface area contributed by atoms with Crippen LogP contribution in [-0.4, -0.2) is 39.5 Å². The van der Waals surface area contributed by atoms with Crippen LogP contribution in [0.15, 0.2) is 23.1 Å². The van der Waals surface area contributed by atoms with Crippen molar-refractivity contribution in [1.82, 2.24) is 9.62 Å². The summed E-state index contributed by atoms with van der Waals surface area (Å²) in [6.45, 7) is 5.29. The van der Waals surface area contributed by atoms with E-state index in [1.54, 1.807) is 0 Å². The molecule has 1 aromatic carbocycles. The SMILES string of the molecule is CC(C)N(C)CCCNS(=O)(=O)c1cc(C#N)ccc1Cl. The van der Waals surface area contributed by atoms with Crippen LogP contribution in [0.2, 0.25) is 5.02 Å². The van der Waals surface area contributed by atoms with Crippen molar-refractivity contribution in [3.05, 3.63) is 28.8 Å². The van der Waals surface area contributed by atoms with Crippen LogP contribution in [-0.2, 0) is 10.0 Å². The molecule has 0 aromatic heterocycles. The molecule has 1 rings (SSSR count). The first-order valence-electron chi connectivity index (χ1n) is 6.67. The average Bonchev–Trinajstić information content (AvgIpc) is 2.43. The molecule has 0 saturated carbocycles. The molecular weight excluding hydrogens is 310 g/mol. The number of benzene rings is 1. The molecule has 0 amide bonds. The third-order valence-electron chi connectivity index (χ3n) is 3.21. The van der Waals surface area contributed by atoms with Crippen molar-refractivity contribution in [2.45, 2.75) is 31.2 Å². The molecular formula is C14H20ClN3O2S. The van der Waals surface area contributed by atoms with Crippen molar-refractivity contribution in [2.75, 3.05) is 20.1 Å². The van der Waals surface area contributed by atoms with Crippen molar-refractivity contribution < 1.29 is 8.42 Å². The van der Waals surface area contributed by atoms with Crippen LogP contribution in [0.3, 0.4) is 0 Å². The summed E-state index contributed by atoms with van der Waals surface area (Å²) >= 11 is 5.91. The van der Waals surface area contributed by atoms with E-state index < -0.39 is 10.0 Å². The number of sulfonamides is 1. The molecule has 0 aliphatic carbocycles. The van der Waals surface area contributed by atoms with Crippen LogP contribution in [0.4, 0.5) is 0 Å². The molecule has 7 heteroatoms. The molecule has 0 bridgehead atoms. The molecule has 21 heavy (non-hydrogen) atoms. The van der Waals surface area contributed by atoms with Gasteiger partial charge in [-0.1, -0.05) is 11.6 Å². The monoisotopic (exact) mass is 329 g/mol. The van der Waals surface area contributed by atoms with E-state index in [1.807, 2.05) is 13.1 Å². The molecule has 0 spiro atoms. The zero-order chi connectivity index (χ0) is 16.0. The molecule has 0 fully saturated rings. The molecule has 0 unspecified atom stereocenters. The van der Waals surface area contributed by atoms with Gasteiger partial charge in [-0.2, -0.15) is 5.26 Å². The highest BCUT2D eigenvalue weighted by Gasteiger charge is 2.18. The second-order valence-electron chi connectivity index (χ2n) is 5.08. The van der Waals surface area contributed by atoms with Crippen LogP contribution in [0, 0.1) is 11.3 Å². The summed E-state index contributed by atoms with van der Waals surface area (Å²) in [6, 6.07) is 6.51. The van der Waals surface area contributed by atoms with Gasteiger partial charge in [-0.3, -0.25) is 0 Å². The molecule has 0 aliphatic rings. The highest BCUT2D eigenvalue weighted by molar-refractivity contribution is 7.89. The van der Waals surface area contributed by atoms with E-state index in [1.165, 1.54) is 18.2 Å². The number of nitrogens with zero attached hydrogens (tertiary/aromatic N) is 2. The number of rotatable bonds is 7. The Labute approximate surface area is 131 Å². The molecule has 0 aliphatic heterocycles. The van der Waals surface area contributed by atoms with E-state index in [0.717, 1.165) is 6.54 Å². The van der Waals surface area contributed by atoms with Gasteiger partial charge in [0.05, 0.1) is 16.7 Å². The van der Waals surface area contributed by atoms with E-state index in [2.05, 4.69) is 23.5 Å². The van der Waals surface area contributed by atoms with Crippen molar-refractivity contribution in [3.8, 4) is 6.07 Å². The van der Waals surface area contributed by atoms with Gasteiger partial charge in [-0.05, 0) is 52.1 Å². The van der Waals surface area contributed by atoms with Gasteiger partial charge in [0.25, 0.3) is 0 Å². The Kier molecular flexibility index (Phi) is 6.62. The first kappa shape index (κ1) is 17.9. The van der Waals surface area contributed by atoms with Gasteiger partial charge >= 0.3 is 0 Å². The maximum Gasteiger partial charge on any atom is 0.242 e. The van der Waals surface area contributed by atoms with E-state index in [-0.39, 0.29) is 15.5 Å². The molecule has 1 aromatic rings. The number of halogens is 1. The summed E-state index contributed by atoms with van der Waals surface area (Å²) in [4.78, 5) is 2.08. The van der Waals surface area contributed by atoms with Crippen LogP contribution in [0.1, 0.15) is 25.8 Å². The summed E-state index contributed by atoms with van der Waals surface area (Å²) < 4.78 is 26.9. The summed E-state index contributed by atoms with van der Waals surface area (Å²) in [5.74, 6) is 0. The number of nitrogens with one attached hydrogen (secondary N) is 1. The second kappa shape index (κ2) is 7.76.